The fourth-order valence-electron chi connectivity index (χ4n) is 0.712. The lowest BCUT2D eigenvalue weighted by Gasteiger charge is -1.99. The lowest BCUT2D eigenvalue weighted by atomic mass is 10.2. The smallest absolute Gasteiger partial charge is 0.0565 e. The van der Waals surface area contributed by atoms with E-state index >= 15 is 0 Å². The van der Waals surface area contributed by atoms with E-state index in [1.165, 1.54) is 6.20 Å². The van der Waals surface area contributed by atoms with E-state index in [2.05, 4.69) is 4.99 Å². The molecule has 0 saturated carbocycles. The molecule has 0 atom stereocenters. The highest BCUT2D eigenvalue weighted by Crippen LogP contribution is 2.04. The first-order valence-corrected chi connectivity index (χ1v) is 3.53. The van der Waals surface area contributed by atoms with Gasteiger partial charge in [0, 0.05) is 12.8 Å². The van der Waals surface area contributed by atoms with E-state index in [0.717, 1.165) is 11.3 Å². The van der Waals surface area contributed by atoms with Crippen LogP contribution in [0.3, 0.4) is 0 Å². The third-order valence-corrected chi connectivity index (χ3v) is 1.28. The fraction of sp³-hybridized carbons (Fsp3) is 0.375. The molecule has 0 aliphatic rings. The molecule has 62 valence electrons. The van der Waals surface area contributed by atoms with Gasteiger partial charge in [-0.1, -0.05) is 0 Å². The molecule has 0 rings (SSSR count). The molecule has 0 aliphatic heterocycles. The van der Waals surface area contributed by atoms with E-state index in [9.17, 15) is 0 Å². The van der Waals surface area contributed by atoms with Crippen LogP contribution in [-0.4, -0.2) is 12.8 Å². The summed E-state index contributed by atoms with van der Waals surface area (Å²) in [6, 6.07) is 0. The topological polar surface area (TPSA) is 64.4 Å². The number of hydrogen-bond acceptors (Lipinski definition) is 3. The third kappa shape index (κ3) is 3.57. The number of hydrogen-bond donors (Lipinski definition) is 2. The summed E-state index contributed by atoms with van der Waals surface area (Å²) in [5.41, 5.74) is 12.5. The lowest BCUT2D eigenvalue weighted by Crippen LogP contribution is -2.03. The van der Waals surface area contributed by atoms with Gasteiger partial charge in [0.05, 0.1) is 5.70 Å². The van der Waals surface area contributed by atoms with Gasteiger partial charge in [-0.3, -0.25) is 4.99 Å². The van der Waals surface area contributed by atoms with Crippen molar-refractivity contribution in [2.75, 3.05) is 6.54 Å². The zero-order valence-corrected chi connectivity index (χ0v) is 7.04. The number of nitrogens with zero attached hydrogens (tertiary/aromatic N) is 1. The van der Waals surface area contributed by atoms with Crippen molar-refractivity contribution in [3.8, 4) is 0 Å². The van der Waals surface area contributed by atoms with Gasteiger partial charge in [-0.25, -0.2) is 0 Å². The minimum absolute atomic E-state index is 0.445. The zero-order chi connectivity index (χ0) is 8.69. The highest BCUT2D eigenvalue weighted by molar-refractivity contribution is 5.56. The molecule has 0 aromatic carbocycles. The Kier molecular flexibility index (Phi) is 5.11. The van der Waals surface area contributed by atoms with Gasteiger partial charge in [0.1, 0.15) is 0 Å². The number of aliphatic imine (C=N–C) groups is 1. The molecule has 11 heavy (non-hydrogen) atoms. The van der Waals surface area contributed by atoms with Gasteiger partial charge >= 0.3 is 0 Å². The molecule has 3 heteroatoms. The maximum atomic E-state index is 5.44. The Balaban J connectivity index is 4.52. The lowest BCUT2D eigenvalue weighted by molar-refractivity contribution is 1.08. The summed E-state index contributed by atoms with van der Waals surface area (Å²) in [4.78, 5) is 4.08. The van der Waals surface area contributed by atoms with E-state index in [1.54, 1.807) is 12.3 Å². The molecule has 0 bridgehead atoms. The van der Waals surface area contributed by atoms with Crippen LogP contribution in [0.15, 0.2) is 28.5 Å². The molecule has 0 heterocycles. The number of nitrogens with two attached hydrogens (primary N) is 2. The normalized spacial score (nSPS) is 14.5. The standard InChI is InChI=1S/C8H15N3/c1-3-11-8(6-10)7(2)4-5-9/h3-5H,6,9-10H2,1-2H3/b5-4-,8-7+,11-3-. The number of allylic oxidation sites excluding steroid dienone is 2. The molecular formula is C8H15N3. The first kappa shape index (κ1) is 9.91. The van der Waals surface area contributed by atoms with Gasteiger partial charge < -0.3 is 11.5 Å². The van der Waals surface area contributed by atoms with Crippen LogP contribution in [0, 0.1) is 0 Å². The molecule has 0 saturated heterocycles. The SMILES string of the molecule is C\C=N/C(CN)=C(C)/C=C\N. The molecule has 0 aliphatic carbocycles. The van der Waals surface area contributed by atoms with Crippen molar-refractivity contribution >= 4 is 6.21 Å². The Labute approximate surface area is 67.5 Å². The summed E-state index contributed by atoms with van der Waals surface area (Å²) in [5.74, 6) is 0. The van der Waals surface area contributed by atoms with E-state index in [4.69, 9.17) is 11.5 Å². The summed E-state index contributed by atoms with van der Waals surface area (Å²) >= 11 is 0. The van der Waals surface area contributed by atoms with Crippen molar-refractivity contribution in [1.29, 1.82) is 0 Å². The molecule has 0 amide bonds. The van der Waals surface area contributed by atoms with Crippen molar-refractivity contribution in [1.82, 2.24) is 0 Å². The first-order valence-electron chi connectivity index (χ1n) is 3.53. The van der Waals surface area contributed by atoms with Crippen LogP contribution in [0.25, 0.3) is 0 Å². The second kappa shape index (κ2) is 5.68. The van der Waals surface area contributed by atoms with Crippen LogP contribution in [0.4, 0.5) is 0 Å². The van der Waals surface area contributed by atoms with E-state index in [-0.39, 0.29) is 0 Å². The fourth-order valence-corrected chi connectivity index (χ4v) is 0.712. The van der Waals surface area contributed by atoms with Crippen molar-refractivity contribution in [3.05, 3.63) is 23.5 Å². The molecule has 0 unspecified atom stereocenters. The maximum Gasteiger partial charge on any atom is 0.0565 e. The van der Waals surface area contributed by atoms with Gasteiger partial charge in [0.15, 0.2) is 0 Å². The third-order valence-electron chi connectivity index (χ3n) is 1.28. The van der Waals surface area contributed by atoms with E-state index < -0.39 is 0 Å². The Morgan fingerprint density at radius 2 is 2.18 bits per heavy atom. The van der Waals surface area contributed by atoms with Crippen LogP contribution >= 0.6 is 0 Å². The van der Waals surface area contributed by atoms with Gasteiger partial charge in [0.2, 0.25) is 0 Å². The quantitative estimate of drug-likeness (QED) is 0.465. The van der Waals surface area contributed by atoms with Crippen LogP contribution < -0.4 is 11.5 Å². The minimum Gasteiger partial charge on any atom is -0.405 e. The summed E-state index contributed by atoms with van der Waals surface area (Å²) < 4.78 is 0. The largest absolute Gasteiger partial charge is 0.405 e. The van der Waals surface area contributed by atoms with Crippen molar-refractivity contribution in [3.63, 3.8) is 0 Å². The van der Waals surface area contributed by atoms with Crippen molar-refractivity contribution in [2.45, 2.75) is 13.8 Å². The monoisotopic (exact) mass is 153 g/mol. The van der Waals surface area contributed by atoms with Gasteiger partial charge in [-0.05, 0) is 31.7 Å². The maximum absolute atomic E-state index is 5.44. The molecule has 0 aromatic rings. The van der Waals surface area contributed by atoms with Gasteiger partial charge in [-0.15, -0.1) is 0 Å². The van der Waals surface area contributed by atoms with Crippen molar-refractivity contribution in [2.24, 2.45) is 16.5 Å². The Morgan fingerprint density at radius 1 is 1.55 bits per heavy atom. The Bertz CT molecular complexity index is 190. The van der Waals surface area contributed by atoms with Crippen LogP contribution in [0.1, 0.15) is 13.8 Å². The number of rotatable bonds is 3. The van der Waals surface area contributed by atoms with Crippen LogP contribution in [0.2, 0.25) is 0 Å². The molecule has 0 spiro atoms. The van der Waals surface area contributed by atoms with E-state index in [1.807, 2.05) is 13.8 Å². The van der Waals surface area contributed by atoms with Gasteiger partial charge in [-0.2, -0.15) is 0 Å². The second-order valence-electron chi connectivity index (χ2n) is 2.08. The first-order chi connectivity index (χ1) is 5.26. The highest BCUT2D eigenvalue weighted by atomic mass is 14.8. The molecular weight excluding hydrogens is 138 g/mol. The second-order valence-corrected chi connectivity index (χ2v) is 2.08. The predicted molar refractivity (Wildman–Crippen MR) is 49.2 cm³/mol. The van der Waals surface area contributed by atoms with Gasteiger partial charge in [0.25, 0.3) is 0 Å². The zero-order valence-electron chi connectivity index (χ0n) is 7.04. The summed E-state index contributed by atoms with van der Waals surface area (Å²) in [6.07, 6.45) is 4.99. The Hall–Kier alpha value is -1.09. The molecule has 3 nitrogen and oxygen atoms in total. The molecule has 4 N–H and O–H groups in total. The molecule has 0 fully saturated rings. The molecule has 0 aromatic heterocycles. The Morgan fingerprint density at radius 3 is 2.55 bits per heavy atom. The minimum atomic E-state index is 0.445. The average Bonchev–Trinajstić information content (AvgIpc) is 2.00. The highest BCUT2D eigenvalue weighted by Gasteiger charge is 1.92. The summed E-state index contributed by atoms with van der Waals surface area (Å²) in [6.45, 7) is 4.23. The summed E-state index contributed by atoms with van der Waals surface area (Å²) in [5, 5.41) is 0. The van der Waals surface area contributed by atoms with Crippen LogP contribution in [-0.2, 0) is 0 Å². The average molecular weight is 153 g/mol. The summed E-state index contributed by atoms with van der Waals surface area (Å²) in [7, 11) is 0. The molecule has 0 radical (unpaired) electrons. The van der Waals surface area contributed by atoms with E-state index in [0.29, 0.717) is 6.54 Å². The van der Waals surface area contributed by atoms with Crippen molar-refractivity contribution < 1.29 is 0 Å². The van der Waals surface area contributed by atoms with Crippen LogP contribution in [0.5, 0.6) is 0 Å². The predicted octanol–water partition coefficient (Wildman–Crippen LogP) is 0.782.